The Hall–Kier alpha value is -3.39. The zero-order valence-electron chi connectivity index (χ0n) is 20.6. The molecule has 3 rings (SSSR count). The third-order valence-corrected chi connectivity index (χ3v) is 5.28. The van der Waals surface area contributed by atoms with Crippen LogP contribution in [-0.2, 0) is 4.79 Å². The fourth-order valence-corrected chi connectivity index (χ4v) is 3.23. The number of rotatable bonds is 8. The summed E-state index contributed by atoms with van der Waals surface area (Å²) in [5, 5.41) is 0. The summed E-state index contributed by atoms with van der Waals surface area (Å²) < 4.78 is 5.41. The number of hydrogen-bond donors (Lipinski definition) is 0. The molecule has 0 radical (unpaired) electrons. The van der Waals surface area contributed by atoms with E-state index in [1.165, 1.54) is 33.4 Å². The van der Waals surface area contributed by atoms with Crippen molar-refractivity contribution in [1.82, 2.24) is 0 Å². The topological polar surface area (TPSA) is 26.3 Å². The van der Waals surface area contributed by atoms with Crippen molar-refractivity contribution in [1.29, 1.82) is 0 Å². The third-order valence-electron chi connectivity index (χ3n) is 5.28. The summed E-state index contributed by atoms with van der Waals surface area (Å²) in [5.41, 5.74) is 7.70. The van der Waals surface area contributed by atoms with Crippen LogP contribution in [0.5, 0.6) is 5.75 Å². The van der Waals surface area contributed by atoms with Gasteiger partial charge in [-0.25, -0.2) is 0 Å². The first kappa shape index (κ1) is 25.9. The van der Waals surface area contributed by atoms with Crippen LogP contribution >= 0.6 is 0 Å². The van der Waals surface area contributed by atoms with Crippen molar-refractivity contribution in [3.63, 3.8) is 0 Å². The number of ether oxygens (including phenoxy) is 1. The third kappa shape index (κ3) is 9.33. The zero-order valence-corrected chi connectivity index (χ0v) is 20.6. The number of Topliss-reactive ketones (excluding diaryl/α,β-unsaturated/α-hetero) is 1. The van der Waals surface area contributed by atoms with Crippen LogP contribution in [0.4, 0.5) is 0 Å². The molecule has 0 saturated carbocycles. The molecule has 3 aromatic carbocycles. The lowest BCUT2D eigenvalue weighted by Crippen LogP contribution is -2.04. The molecule has 0 fully saturated rings. The van der Waals surface area contributed by atoms with Gasteiger partial charge in [-0.15, -0.1) is 0 Å². The lowest BCUT2D eigenvalue weighted by Gasteiger charge is -2.08. The van der Waals surface area contributed by atoms with Crippen LogP contribution in [0, 0.1) is 6.92 Å². The van der Waals surface area contributed by atoms with E-state index in [4.69, 9.17) is 4.74 Å². The average molecular weight is 441 g/mol. The summed E-state index contributed by atoms with van der Waals surface area (Å²) in [6.45, 7) is 10.9. The second-order valence-electron chi connectivity index (χ2n) is 8.28. The number of benzene rings is 3. The maximum Gasteiger partial charge on any atom is 0.136 e. The van der Waals surface area contributed by atoms with Gasteiger partial charge in [-0.3, -0.25) is 4.79 Å². The quantitative estimate of drug-likeness (QED) is 0.329. The van der Waals surface area contributed by atoms with Gasteiger partial charge in [0.1, 0.15) is 11.5 Å². The molecular weight excluding hydrogens is 404 g/mol. The van der Waals surface area contributed by atoms with E-state index in [0.29, 0.717) is 19.4 Å². The number of carbonyl (C=O) groups is 1. The highest BCUT2D eigenvalue weighted by molar-refractivity contribution is 5.84. The van der Waals surface area contributed by atoms with Crippen molar-refractivity contribution in [3.8, 4) is 5.75 Å². The summed E-state index contributed by atoms with van der Waals surface area (Å²) >= 11 is 0. The molecule has 0 bridgehead atoms. The van der Waals surface area contributed by atoms with Gasteiger partial charge in [-0.2, -0.15) is 0 Å². The molecule has 0 spiro atoms. The van der Waals surface area contributed by atoms with Crippen LogP contribution in [0.15, 0.2) is 96.6 Å². The smallest absolute Gasteiger partial charge is 0.136 e. The van der Waals surface area contributed by atoms with Crippen molar-refractivity contribution >= 4 is 16.9 Å². The molecular formula is C31H36O2. The number of aryl methyl sites for hydroxylation is 1. The minimum Gasteiger partial charge on any atom is -0.493 e. The van der Waals surface area contributed by atoms with Crippen LogP contribution in [0.2, 0.25) is 0 Å². The van der Waals surface area contributed by atoms with Gasteiger partial charge in [0.15, 0.2) is 0 Å². The van der Waals surface area contributed by atoms with Crippen LogP contribution < -0.4 is 4.74 Å². The number of carbonyl (C=O) groups excluding carboxylic acids is 1. The molecule has 0 atom stereocenters. The van der Waals surface area contributed by atoms with Gasteiger partial charge in [0.2, 0.25) is 0 Å². The molecule has 0 unspecified atom stereocenters. The number of ketones is 1. The van der Waals surface area contributed by atoms with E-state index in [9.17, 15) is 4.79 Å². The molecule has 3 aromatic rings. The largest absolute Gasteiger partial charge is 0.493 e. The monoisotopic (exact) mass is 440 g/mol. The average Bonchev–Trinajstić information content (AvgIpc) is 2.84. The maximum atomic E-state index is 11.0. The van der Waals surface area contributed by atoms with Crippen molar-refractivity contribution in [2.75, 3.05) is 6.61 Å². The van der Waals surface area contributed by atoms with Crippen molar-refractivity contribution in [2.45, 2.75) is 47.5 Å². The molecule has 0 aliphatic heterocycles. The van der Waals surface area contributed by atoms with Gasteiger partial charge in [0, 0.05) is 12.8 Å². The second-order valence-corrected chi connectivity index (χ2v) is 8.28. The first-order valence-electron chi connectivity index (χ1n) is 11.6. The molecule has 0 N–H and O–H groups in total. The molecule has 33 heavy (non-hydrogen) atoms. The highest BCUT2D eigenvalue weighted by Gasteiger charge is 2.02. The SMILES string of the molecule is CC(C)=C(/C=C(\C)c1ccccc1)c1ccccc1.CCC(=O)CCOc1ccc(C)cc1. The van der Waals surface area contributed by atoms with E-state index < -0.39 is 0 Å². The Morgan fingerprint density at radius 2 is 1.33 bits per heavy atom. The molecule has 0 heterocycles. The van der Waals surface area contributed by atoms with Crippen LogP contribution in [0.3, 0.4) is 0 Å². The van der Waals surface area contributed by atoms with E-state index in [-0.39, 0.29) is 5.78 Å². The minimum absolute atomic E-state index is 0.247. The standard InChI is InChI=1S/C19H20.C12H16O2/c1-15(2)19(18-12-8-5-9-13-18)14-16(3)17-10-6-4-7-11-17;1-3-11(13)8-9-14-12-6-4-10(2)5-7-12/h4-14H,1-3H3;4-7H,3,8-9H2,1-2H3/b16-14+;. The highest BCUT2D eigenvalue weighted by Crippen LogP contribution is 2.24. The molecule has 2 heteroatoms. The first-order chi connectivity index (χ1) is 15.9. The zero-order chi connectivity index (χ0) is 24.1. The molecule has 172 valence electrons. The fraction of sp³-hybridized carbons (Fsp3) is 0.258. The normalized spacial score (nSPS) is 10.6. The van der Waals surface area contributed by atoms with Gasteiger partial charge >= 0.3 is 0 Å². The molecule has 0 saturated heterocycles. The van der Waals surface area contributed by atoms with E-state index in [1.807, 2.05) is 38.1 Å². The van der Waals surface area contributed by atoms with Gasteiger partial charge < -0.3 is 4.74 Å². The Morgan fingerprint density at radius 3 is 1.85 bits per heavy atom. The van der Waals surface area contributed by atoms with E-state index in [1.54, 1.807) is 0 Å². The van der Waals surface area contributed by atoms with E-state index in [2.05, 4.69) is 87.5 Å². The predicted octanol–water partition coefficient (Wildman–Crippen LogP) is 8.33. The molecule has 0 amide bonds. The summed E-state index contributed by atoms with van der Waals surface area (Å²) in [6.07, 6.45) is 3.38. The highest BCUT2D eigenvalue weighted by atomic mass is 16.5. The second kappa shape index (κ2) is 13.9. The van der Waals surface area contributed by atoms with E-state index in [0.717, 1.165) is 5.75 Å². The van der Waals surface area contributed by atoms with E-state index >= 15 is 0 Å². The Bertz CT molecular complexity index is 1040. The Kier molecular flexibility index (Phi) is 10.9. The van der Waals surface area contributed by atoms with Crippen molar-refractivity contribution < 1.29 is 9.53 Å². The maximum absolute atomic E-state index is 11.0. The minimum atomic E-state index is 0.247. The Labute approximate surface area is 199 Å². The first-order valence-corrected chi connectivity index (χ1v) is 11.6. The lowest BCUT2D eigenvalue weighted by molar-refractivity contribution is -0.119. The van der Waals surface area contributed by atoms with Gasteiger partial charge in [0.25, 0.3) is 0 Å². The van der Waals surface area contributed by atoms with Crippen LogP contribution in [-0.4, -0.2) is 12.4 Å². The number of hydrogen-bond acceptors (Lipinski definition) is 2. The predicted molar refractivity (Wildman–Crippen MR) is 141 cm³/mol. The summed E-state index contributed by atoms with van der Waals surface area (Å²) in [6, 6.07) is 28.9. The Morgan fingerprint density at radius 1 is 0.788 bits per heavy atom. The van der Waals surface area contributed by atoms with Gasteiger partial charge in [0.05, 0.1) is 6.61 Å². The Balaban J connectivity index is 0.000000245. The van der Waals surface area contributed by atoms with Gasteiger partial charge in [-0.05, 0) is 62.1 Å². The fourth-order valence-electron chi connectivity index (χ4n) is 3.23. The summed E-state index contributed by atoms with van der Waals surface area (Å²) in [7, 11) is 0. The van der Waals surface area contributed by atoms with Crippen LogP contribution in [0.1, 0.15) is 57.2 Å². The lowest BCUT2D eigenvalue weighted by atomic mass is 9.97. The van der Waals surface area contributed by atoms with Crippen molar-refractivity contribution in [2.24, 2.45) is 0 Å². The van der Waals surface area contributed by atoms with Gasteiger partial charge in [-0.1, -0.05) is 96.9 Å². The molecule has 0 aromatic heterocycles. The summed E-state index contributed by atoms with van der Waals surface area (Å²) in [5.74, 6) is 1.08. The number of allylic oxidation sites excluding steroid dienone is 4. The summed E-state index contributed by atoms with van der Waals surface area (Å²) in [4.78, 5) is 11.0. The molecule has 0 aliphatic carbocycles. The molecule has 0 aliphatic rings. The van der Waals surface area contributed by atoms with Crippen LogP contribution in [0.25, 0.3) is 11.1 Å². The molecule has 2 nitrogen and oxygen atoms in total. The van der Waals surface area contributed by atoms with Crippen molar-refractivity contribution in [3.05, 3.63) is 113 Å².